The Hall–Kier alpha value is -2.01. The summed E-state index contributed by atoms with van der Waals surface area (Å²) in [5.41, 5.74) is 5.36. The van der Waals surface area contributed by atoms with Crippen molar-refractivity contribution in [2.45, 2.75) is 26.2 Å². The summed E-state index contributed by atoms with van der Waals surface area (Å²) in [7, 11) is 3.23. The minimum atomic E-state index is -0.0257. The lowest BCUT2D eigenvalue weighted by Crippen LogP contribution is -2.24. The lowest BCUT2D eigenvalue weighted by atomic mass is 9.82. The van der Waals surface area contributed by atoms with Gasteiger partial charge in [0, 0.05) is 22.5 Å². The first-order chi connectivity index (χ1) is 11.5. The second-order valence-corrected chi connectivity index (χ2v) is 6.86. The van der Waals surface area contributed by atoms with E-state index < -0.39 is 0 Å². The standard InChI is InChI=1S/C19H20BrNO3/c1-10-5-6-12-13(8-18(22)21-19(12)11(10)2)14-7-16(23-3)17(24-4)9-15(14)20/h5-7,9,13H,8H2,1-4H3,(H,21,22). The number of halogens is 1. The van der Waals surface area contributed by atoms with E-state index in [0.717, 1.165) is 26.9 Å². The number of anilines is 1. The summed E-state index contributed by atoms with van der Waals surface area (Å²) in [6.07, 6.45) is 0.406. The predicted molar refractivity (Wildman–Crippen MR) is 98.3 cm³/mol. The molecule has 1 N–H and O–H groups in total. The number of methoxy groups -OCH3 is 2. The van der Waals surface area contributed by atoms with E-state index in [1.165, 1.54) is 5.56 Å². The molecule has 2 aromatic rings. The first kappa shape index (κ1) is 16.8. The van der Waals surface area contributed by atoms with Crippen LogP contribution < -0.4 is 14.8 Å². The maximum atomic E-state index is 12.3. The monoisotopic (exact) mass is 389 g/mol. The Morgan fingerprint density at radius 1 is 1.08 bits per heavy atom. The van der Waals surface area contributed by atoms with Crippen molar-refractivity contribution in [2.24, 2.45) is 0 Å². The van der Waals surface area contributed by atoms with E-state index in [2.05, 4.69) is 40.3 Å². The molecular weight excluding hydrogens is 370 g/mol. The number of carbonyl (C=O) groups is 1. The average Bonchev–Trinajstić information content (AvgIpc) is 2.57. The van der Waals surface area contributed by atoms with E-state index in [-0.39, 0.29) is 11.8 Å². The molecule has 5 heteroatoms. The molecule has 1 aliphatic rings. The highest BCUT2D eigenvalue weighted by Crippen LogP contribution is 2.44. The zero-order valence-electron chi connectivity index (χ0n) is 14.2. The lowest BCUT2D eigenvalue weighted by molar-refractivity contribution is -0.116. The fourth-order valence-electron chi connectivity index (χ4n) is 3.19. The molecule has 1 aliphatic heterocycles. The quantitative estimate of drug-likeness (QED) is 0.836. The van der Waals surface area contributed by atoms with Crippen molar-refractivity contribution in [3.8, 4) is 11.5 Å². The molecule has 0 fully saturated rings. The molecule has 0 saturated heterocycles. The molecule has 1 amide bonds. The van der Waals surface area contributed by atoms with E-state index in [9.17, 15) is 4.79 Å². The zero-order valence-corrected chi connectivity index (χ0v) is 15.8. The molecule has 0 aromatic heterocycles. The van der Waals surface area contributed by atoms with Gasteiger partial charge in [0.1, 0.15) is 0 Å². The number of benzene rings is 2. The Labute approximate surface area is 150 Å². The van der Waals surface area contributed by atoms with Crippen LogP contribution >= 0.6 is 15.9 Å². The van der Waals surface area contributed by atoms with Crippen LogP contribution in [0, 0.1) is 13.8 Å². The first-order valence-electron chi connectivity index (χ1n) is 7.77. The molecule has 4 nitrogen and oxygen atoms in total. The van der Waals surface area contributed by atoms with Gasteiger partial charge >= 0.3 is 0 Å². The molecular formula is C19H20BrNO3. The van der Waals surface area contributed by atoms with Crippen molar-refractivity contribution in [1.29, 1.82) is 0 Å². The summed E-state index contributed by atoms with van der Waals surface area (Å²) in [6.45, 7) is 4.10. The second kappa shape index (κ2) is 6.48. The number of hydrogen-bond acceptors (Lipinski definition) is 3. The maximum Gasteiger partial charge on any atom is 0.225 e. The van der Waals surface area contributed by atoms with E-state index in [4.69, 9.17) is 9.47 Å². The van der Waals surface area contributed by atoms with Crippen LogP contribution in [-0.2, 0) is 4.79 Å². The van der Waals surface area contributed by atoms with Crippen LogP contribution in [-0.4, -0.2) is 20.1 Å². The summed E-state index contributed by atoms with van der Waals surface area (Å²) >= 11 is 3.62. The molecule has 1 heterocycles. The molecule has 1 unspecified atom stereocenters. The van der Waals surface area contributed by atoms with Crippen molar-refractivity contribution in [1.82, 2.24) is 0 Å². The summed E-state index contributed by atoms with van der Waals surface area (Å²) in [6, 6.07) is 8.05. The maximum absolute atomic E-state index is 12.3. The van der Waals surface area contributed by atoms with Gasteiger partial charge in [-0.1, -0.05) is 28.1 Å². The van der Waals surface area contributed by atoms with Crippen LogP contribution in [0.2, 0.25) is 0 Å². The fourth-order valence-corrected chi connectivity index (χ4v) is 3.79. The molecule has 3 rings (SSSR count). The van der Waals surface area contributed by atoms with Gasteiger partial charge in [-0.2, -0.15) is 0 Å². The largest absolute Gasteiger partial charge is 0.493 e. The van der Waals surface area contributed by atoms with Crippen LogP contribution in [0.1, 0.15) is 34.6 Å². The fraction of sp³-hybridized carbons (Fsp3) is 0.316. The highest BCUT2D eigenvalue weighted by Gasteiger charge is 2.30. The Morgan fingerprint density at radius 2 is 1.75 bits per heavy atom. The van der Waals surface area contributed by atoms with Gasteiger partial charge in [-0.3, -0.25) is 4.79 Å². The van der Waals surface area contributed by atoms with Crippen molar-refractivity contribution in [3.05, 3.63) is 51.0 Å². The number of carbonyl (C=O) groups excluding carboxylic acids is 1. The zero-order chi connectivity index (χ0) is 17.4. The number of rotatable bonds is 3. The van der Waals surface area contributed by atoms with Crippen LogP contribution in [0.15, 0.2) is 28.7 Å². The second-order valence-electron chi connectivity index (χ2n) is 6.01. The van der Waals surface area contributed by atoms with Gasteiger partial charge in [0.05, 0.1) is 14.2 Å². The molecule has 0 bridgehead atoms. The number of fused-ring (bicyclic) bond motifs is 1. The van der Waals surface area contributed by atoms with Crippen LogP contribution in [0.3, 0.4) is 0 Å². The van der Waals surface area contributed by atoms with Gasteiger partial charge in [0.2, 0.25) is 5.91 Å². The average molecular weight is 390 g/mol. The number of nitrogens with one attached hydrogen (secondary N) is 1. The van der Waals surface area contributed by atoms with E-state index >= 15 is 0 Å². The van der Waals surface area contributed by atoms with Crippen LogP contribution in [0.5, 0.6) is 11.5 Å². The van der Waals surface area contributed by atoms with Gasteiger partial charge in [0.25, 0.3) is 0 Å². The molecule has 0 radical (unpaired) electrons. The van der Waals surface area contributed by atoms with E-state index in [1.54, 1.807) is 14.2 Å². The third kappa shape index (κ3) is 2.77. The smallest absolute Gasteiger partial charge is 0.225 e. The third-order valence-electron chi connectivity index (χ3n) is 4.68. The summed E-state index contributed by atoms with van der Waals surface area (Å²) < 4.78 is 11.7. The molecule has 2 aromatic carbocycles. The van der Waals surface area contributed by atoms with Crippen molar-refractivity contribution in [3.63, 3.8) is 0 Å². The highest BCUT2D eigenvalue weighted by atomic mass is 79.9. The number of ether oxygens (including phenoxy) is 2. The van der Waals surface area contributed by atoms with Gasteiger partial charge in [0.15, 0.2) is 11.5 Å². The molecule has 0 saturated carbocycles. The van der Waals surface area contributed by atoms with Crippen LogP contribution in [0.25, 0.3) is 0 Å². The number of amides is 1. The minimum absolute atomic E-state index is 0.0257. The third-order valence-corrected chi connectivity index (χ3v) is 5.36. The molecule has 1 atom stereocenters. The van der Waals surface area contributed by atoms with Crippen molar-refractivity contribution < 1.29 is 14.3 Å². The first-order valence-corrected chi connectivity index (χ1v) is 8.57. The Balaban J connectivity index is 2.18. The van der Waals surface area contributed by atoms with Gasteiger partial charge < -0.3 is 14.8 Å². The van der Waals surface area contributed by atoms with E-state index in [0.29, 0.717) is 17.9 Å². The summed E-state index contributed by atoms with van der Waals surface area (Å²) in [5.74, 6) is 1.32. The molecule has 24 heavy (non-hydrogen) atoms. The minimum Gasteiger partial charge on any atom is -0.493 e. The highest BCUT2D eigenvalue weighted by molar-refractivity contribution is 9.10. The molecule has 0 spiro atoms. The Kier molecular flexibility index (Phi) is 4.54. The Morgan fingerprint density at radius 3 is 2.42 bits per heavy atom. The van der Waals surface area contributed by atoms with Crippen molar-refractivity contribution >= 4 is 27.5 Å². The van der Waals surface area contributed by atoms with Crippen LogP contribution in [0.4, 0.5) is 5.69 Å². The van der Waals surface area contributed by atoms with Crippen molar-refractivity contribution in [2.75, 3.05) is 19.5 Å². The summed E-state index contributed by atoms with van der Waals surface area (Å²) in [4.78, 5) is 12.3. The van der Waals surface area contributed by atoms with Gasteiger partial charge in [-0.05, 0) is 48.2 Å². The number of hydrogen-bond donors (Lipinski definition) is 1. The normalized spacial score (nSPS) is 16.4. The predicted octanol–water partition coefficient (Wildman–Crippen LogP) is 4.56. The number of aryl methyl sites for hydroxylation is 1. The van der Waals surface area contributed by atoms with Gasteiger partial charge in [-0.15, -0.1) is 0 Å². The lowest BCUT2D eigenvalue weighted by Gasteiger charge is -2.29. The molecule has 0 aliphatic carbocycles. The SMILES string of the molecule is COc1cc(Br)c(C2CC(=O)Nc3c2ccc(C)c3C)cc1OC. The van der Waals surface area contributed by atoms with E-state index in [1.807, 2.05) is 19.1 Å². The summed E-state index contributed by atoms with van der Waals surface area (Å²) in [5, 5.41) is 3.03. The van der Waals surface area contributed by atoms with Gasteiger partial charge in [-0.25, -0.2) is 0 Å². The Bertz CT molecular complexity index is 817. The molecule has 126 valence electrons. The topological polar surface area (TPSA) is 47.6 Å².